The monoisotopic (exact) mass is 290 g/mol. The summed E-state index contributed by atoms with van der Waals surface area (Å²) in [7, 11) is 0. The summed E-state index contributed by atoms with van der Waals surface area (Å²) in [4.78, 5) is 17.5. The molecule has 1 aromatic heterocycles. The SMILES string of the molecule is CC(C)[C@H]1c2[nH]c3ccccc3c2CCN1C(=O)CCl. The van der Waals surface area contributed by atoms with Crippen molar-refractivity contribution in [2.75, 3.05) is 12.4 Å². The first-order valence-electron chi connectivity index (χ1n) is 7.08. The number of alkyl halides is 1. The van der Waals surface area contributed by atoms with E-state index in [1.807, 2.05) is 11.0 Å². The van der Waals surface area contributed by atoms with E-state index in [2.05, 4.69) is 37.0 Å². The number of fused-ring (bicyclic) bond motifs is 3. The van der Waals surface area contributed by atoms with Gasteiger partial charge in [0, 0.05) is 23.1 Å². The van der Waals surface area contributed by atoms with Gasteiger partial charge in [-0.15, -0.1) is 11.6 Å². The Kier molecular flexibility index (Phi) is 3.47. The molecule has 0 bridgehead atoms. The van der Waals surface area contributed by atoms with E-state index in [-0.39, 0.29) is 17.8 Å². The molecule has 1 N–H and O–H groups in total. The molecule has 0 unspecified atom stereocenters. The van der Waals surface area contributed by atoms with Gasteiger partial charge in [-0.1, -0.05) is 32.0 Å². The Balaban J connectivity index is 2.13. The molecule has 0 saturated heterocycles. The molecule has 1 atom stereocenters. The number of carbonyl (C=O) groups excluding carboxylic acids is 1. The second-order valence-corrected chi connectivity index (χ2v) is 5.99. The van der Waals surface area contributed by atoms with Crippen molar-refractivity contribution in [3.05, 3.63) is 35.5 Å². The van der Waals surface area contributed by atoms with Crippen LogP contribution in [0.1, 0.15) is 31.1 Å². The van der Waals surface area contributed by atoms with Crippen molar-refractivity contribution >= 4 is 28.4 Å². The zero-order valence-corrected chi connectivity index (χ0v) is 12.6. The first kappa shape index (κ1) is 13.5. The number of hydrogen-bond donors (Lipinski definition) is 1. The predicted molar refractivity (Wildman–Crippen MR) is 82.0 cm³/mol. The van der Waals surface area contributed by atoms with Crippen LogP contribution in [0.3, 0.4) is 0 Å². The third-order valence-corrected chi connectivity index (χ3v) is 4.38. The minimum atomic E-state index is 0.0228. The fourth-order valence-corrected chi connectivity index (χ4v) is 3.47. The number of amides is 1. The Hall–Kier alpha value is -1.48. The normalized spacial score (nSPS) is 18.6. The molecular formula is C16H19ClN2O. The van der Waals surface area contributed by atoms with Crippen molar-refractivity contribution in [2.24, 2.45) is 5.92 Å². The van der Waals surface area contributed by atoms with Crippen molar-refractivity contribution in [1.82, 2.24) is 9.88 Å². The van der Waals surface area contributed by atoms with Crippen LogP contribution in [0.15, 0.2) is 24.3 Å². The van der Waals surface area contributed by atoms with Crippen LogP contribution in [-0.4, -0.2) is 28.2 Å². The minimum Gasteiger partial charge on any atom is -0.356 e. The molecule has 1 aromatic carbocycles. The molecule has 2 aromatic rings. The van der Waals surface area contributed by atoms with Crippen molar-refractivity contribution in [2.45, 2.75) is 26.3 Å². The van der Waals surface area contributed by atoms with Gasteiger partial charge in [-0.05, 0) is 24.0 Å². The van der Waals surface area contributed by atoms with Gasteiger partial charge in [0.05, 0.1) is 6.04 Å². The summed E-state index contributed by atoms with van der Waals surface area (Å²) >= 11 is 5.76. The average molecular weight is 291 g/mol. The lowest BCUT2D eigenvalue weighted by Crippen LogP contribution is -2.42. The van der Waals surface area contributed by atoms with Crippen LogP contribution in [0.2, 0.25) is 0 Å². The van der Waals surface area contributed by atoms with E-state index in [1.165, 1.54) is 16.6 Å². The maximum absolute atomic E-state index is 12.1. The van der Waals surface area contributed by atoms with Crippen LogP contribution in [0.25, 0.3) is 10.9 Å². The highest BCUT2D eigenvalue weighted by atomic mass is 35.5. The van der Waals surface area contributed by atoms with E-state index in [4.69, 9.17) is 11.6 Å². The Morgan fingerprint density at radius 2 is 2.20 bits per heavy atom. The van der Waals surface area contributed by atoms with Crippen LogP contribution in [0.5, 0.6) is 0 Å². The number of aromatic amines is 1. The summed E-state index contributed by atoms with van der Waals surface area (Å²) in [6, 6.07) is 8.45. The quantitative estimate of drug-likeness (QED) is 0.845. The smallest absolute Gasteiger partial charge is 0.238 e. The molecule has 20 heavy (non-hydrogen) atoms. The highest BCUT2D eigenvalue weighted by Crippen LogP contribution is 2.38. The second-order valence-electron chi connectivity index (χ2n) is 5.72. The number of para-hydroxylation sites is 1. The van der Waals surface area contributed by atoms with Crippen molar-refractivity contribution in [3.63, 3.8) is 0 Å². The molecule has 0 aliphatic carbocycles. The number of hydrogen-bond acceptors (Lipinski definition) is 1. The fourth-order valence-electron chi connectivity index (χ4n) is 3.32. The summed E-state index contributed by atoms with van der Waals surface area (Å²) in [5.74, 6) is 0.433. The maximum Gasteiger partial charge on any atom is 0.238 e. The molecule has 0 spiro atoms. The summed E-state index contributed by atoms with van der Waals surface area (Å²) in [5.41, 5.74) is 3.70. The lowest BCUT2D eigenvalue weighted by atomic mass is 9.90. The van der Waals surface area contributed by atoms with Gasteiger partial charge in [0.25, 0.3) is 0 Å². The standard InChI is InChI=1S/C16H19ClN2O/c1-10(2)16-15-12(7-8-19(16)14(20)9-17)11-5-3-4-6-13(11)18-15/h3-6,10,16,18H,7-9H2,1-2H3/t16-/m0/s1. The molecular weight excluding hydrogens is 272 g/mol. The van der Waals surface area contributed by atoms with Gasteiger partial charge in [-0.2, -0.15) is 0 Å². The zero-order valence-electron chi connectivity index (χ0n) is 11.8. The lowest BCUT2D eigenvalue weighted by Gasteiger charge is -2.38. The largest absolute Gasteiger partial charge is 0.356 e. The summed E-state index contributed by atoms with van der Waals surface area (Å²) < 4.78 is 0. The number of aromatic nitrogens is 1. The topological polar surface area (TPSA) is 36.1 Å². The minimum absolute atomic E-state index is 0.0228. The Labute approximate surface area is 123 Å². The Bertz CT molecular complexity index is 647. The summed E-state index contributed by atoms with van der Waals surface area (Å²) in [6.45, 7) is 5.06. The Morgan fingerprint density at radius 3 is 2.90 bits per heavy atom. The van der Waals surface area contributed by atoms with Gasteiger partial charge in [0.2, 0.25) is 5.91 Å². The molecule has 106 valence electrons. The number of benzene rings is 1. The highest BCUT2D eigenvalue weighted by molar-refractivity contribution is 6.27. The van der Waals surface area contributed by atoms with Crippen LogP contribution in [0, 0.1) is 5.92 Å². The summed E-state index contributed by atoms with van der Waals surface area (Å²) in [5, 5.41) is 1.28. The molecule has 0 saturated carbocycles. The zero-order chi connectivity index (χ0) is 14.3. The van der Waals surface area contributed by atoms with Crippen LogP contribution in [-0.2, 0) is 11.2 Å². The number of nitrogens with one attached hydrogen (secondary N) is 1. The molecule has 3 nitrogen and oxygen atoms in total. The van der Waals surface area contributed by atoms with Gasteiger partial charge in [-0.25, -0.2) is 0 Å². The third kappa shape index (κ3) is 2.01. The van der Waals surface area contributed by atoms with Gasteiger partial charge in [0.15, 0.2) is 0 Å². The van der Waals surface area contributed by atoms with Gasteiger partial charge >= 0.3 is 0 Å². The predicted octanol–water partition coefficient (Wildman–Crippen LogP) is 3.49. The van der Waals surface area contributed by atoms with E-state index in [0.717, 1.165) is 18.5 Å². The lowest BCUT2D eigenvalue weighted by molar-refractivity contribution is -0.132. The maximum atomic E-state index is 12.1. The van der Waals surface area contributed by atoms with E-state index in [9.17, 15) is 4.79 Å². The average Bonchev–Trinajstić information content (AvgIpc) is 2.83. The molecule has 1 aliphatic rings. The third-order valence-electron chi connectivity index (χ3n) is 4.15. The molecule has 0 fully saturated rings. The molecule has 3 rings (SSSR count). The van der Waals surface area contributed by atoms with E-state index in [0.29, 0.717) is 5.92 Å². The van der Waals surface area contributed by atoms with Crippen molar-refractivity contribution in [1.29, 1.82) is 0 Å². The fraction of sp³-hybridized carbons (Fsp3) is 0.438. The molecule has 4 heteroatoms. The number of rotatable bonds is 2. The first-order valence-corrected chi connectivity index (χ1v) is 7.62. The van der Waals surface area contributed by atoms with E-state index >= 15 is 0 Å². The number of nitrogens with zero attached hydrogens (tertiary/aromatic N) is 1. The van der Waals surface area contributed by atoms with E-state index in [1.54, 1.807) is 0 Å². The molecule has 1 aliphatic heterocycles. The number of halogens is 1. The molecule has 2 heterocycles. The number of H-pyrrole nitrogens is 1. The van der Waals surface area contributed by atoms with Gasteiger partial charge in [0.1, 0.15) is 5.88 Å². The highest BCUT2D eigenvalue weighted by Gasteiger charge is 2.34. The van der Waals surface area contributed by atoms with Gasteiger partial charge < -0.3 is 9.88 Å². The number of carbonyl (C=O) groups is 1. The molecule has 0 radical (unpaired) electrons. The first-order chi connectivity index (χ1) is 9.63. The van der Waals surface area contributed by atoms with Crippen LogP contribution < -0.4 is 0 Å². The van der Waals surface area contributed by atoms with Crippen LogP contribution >= 0.6 is 11.6 Å². The van der Waals surface area contributed by atoms with Crippen LogP contribution in [0.4, 0.5) is 0 Å². The Morgan fingerprint density at radius 1 is 1.45 bits per heavy atom. The van der Waals surface area contributed by atoms with Crippen molar-refractivity contribution < 1.29 is 4.79 Å². The molecule has 1 amide bonds. The van der Waals surface area contributed by atoms with Crippen molar-refractivity contribution in [3.8, 4) is 0 Å². The second kappa shape index (κ2) is 5.13. The van der Waals surface area contributed by atoms with Gasteiger partial charge in [-0.3, -0.25) is 4.79 Å². The summed E-state index contributed by atoms with van der Waals surface area (Å²) in [6.07, 6.45) is 0.894. The van der Waals surface area contributed by atoms with E-state index < -0.39 is 0 Å².